The van der Waals surface area contributed by atoms with Crippen LogP contribution >= 0.6 is 0 Å². The highest BCUT2D eigenvalue weighted by Gasteiger charge is 2.17. The molecule has 0 unspecified atom stereocenters. The van der Waals surface area contributed by atoms with E-state index >= 15 is 0 Å². The van der Waals surface area contributed by atoms with Gasteiger partial charge in [0.1, 0.15) is 5.60 Å². The Morgan fingerprint density at radius 1 is 1.19 bits per heavy atom. The topological polar surface area (TPSA) is 77.5 Å². The Morgan fingerprint density at radius 2 is 1.89 bits per heavy atom. The first-order chi connectivity index (χ1) is 12.6. The van der Waals surface area contributed by atoms with Crippen LogP contribution in [-0.2, 0) is 16.0 Å². The number of pyridine rings is 1. The van der Waals surface area contributed by atoms with Gasteiger partial charge >= 0.3 is 12.1 Å². The fraction of sp³-hybridized carbons (Fsp3) is 0.350. The van der Waals surface area contributed by atoms with Crippen molar-refractivity contribution in [3.63, 3.8) is 0 Å². The standard InChI is InChI=1S/C20H23FN2O4/c1-12-16(6-7-17(21)23-12)14-8-13(9-15(10-14)18(24)26-5)11-22-19(25)27-20(2,3)4/h6-10H,11H2,1-5H3,(H,22,25). The first-order valence-electron chi connectivity index (χ1n) is 8.41. The number of ether oxygens (including phenoxy) is 2. The van der Waals surface area contributed by atoms with E-state index in [1.54, 1.807) is 52.0 Å². The number of amides is 1. The van der Waals surface area contributed by atoms with Crippen molar-refractivity contribution in [1.29, 1.82) is 0 Å². The van der Waals surface area contributed by atoms with Crippen LogP contribution in [0, 0.1) is 12.9 Å². The summed E-state index contributed by atoms with van der Waals surface area (Å²) < 4.78 is 23.3. The fourth-order valence-electron chi connectivity index (χ4n) is 2.51. The van der Waals surface area contributed by atoms with Gasteiger partial charge in [0.05, 0.1) is 12.7 Å². The minimum Gasteiger partial charge on any atom is -0.465 e. The van der Waals surface area contributed by atoms with Gasteiger partial charge in [-0.1, -0.05) is 0 Å². The van der Waals surface area contributed by atoms with E-state index in [4.69, 9.17) is 9.47 Å². The zero-order valence-corrected chi connectivity index (χ0v) is 16.1. The van der Waals surface area contributed by atoms with Crippen molar-refractivity contribution in [3.8, 4) is 11.1 Å². The summed E-state index contributed by atoms with van der Waals surface area (Å²) in [5, 5.41) is 2.65. The summed E-state index contributed by atoms with van der Waals surface area (Å²) in [5.74, 6) is -1.09. The molecule has 0 aliphatic rings. The molecular formula is C20H23FN2O4. The summed E-state index contributed by atoms with van der Waals surface area (Å²) in [7, 11) is 1.29. The average molecular weight is 374 g/mol. The normalized spacial score (nSPS) is 11.0. The molecule has 7 heteroatoms. The molecule has 1 N–H and O–H groups in total. The number of aromatic nitrogens is 1. The number of aryl methyl sites for hydroxylation is 1. The van der Waals surface area contributed by atoms with E-state index in [9.17, 15) is 14.0 Å². The zero-order chi connectivity index (χ0) is 20.2. The molecule has 1 heterocycles. The van der Waals surface area contributed by atoms with Crippen LogP contribution < -0.4 is 5.32 Å². The molecular weight excluding hydrogens is 351 g/mol. The van der Waals surface area contributed by atoms with Crippen LogP contribution in [0.3, 0.4) is 0 Å². The summed E-state index contributed by atoms with van der Waals surface area (Å²) in [4.78, 5) is 27.7. The van der Waals surface area contributed by atoms with Gasteiger partial charge in [-0.05, 0) is 69.2 Å². The summed E-state index contributed by atoms with van der Waals surface area (Å²) in [6, 6.07) is 7.92. The van der Waals surface area contributed by atoms with Crippen molar-refractivity contribution in [2.75, 3.05) is 7.11 Å². The minimum absolute atomic E-state index is 0.153. The molecule has 6 nitrogen and oxygen atoms in total. The van der Waals surface area contributed by atoms with Gasteiger partial charge in [-0.2, -0.15) is 4.39 Å². The number of methoxy groups -OCH3 is 1. The maximum atomic E-state index is 13.3. The number of nitrogens with one attached hydrogen (secondary N) is 1. The predicted molar refractivity (Wildman–Crippen MR) is 98.8 cm³/mol. The predicted octanol–water partition coefficient (Wildman–Crippen LogP) is 4.01. The van der Waals surface area contributed by atoms with E-state index in [1.807, 2.05) is 0 Å². The van der Waals surface area contributed by atoms with Crippen LogP contribution in [0.4, 0.5) is 9.18 Å². The SMILES string of the molecule is COC(=O)c1cc(CNC(=O)OC(C)(C)C)cc(-c2ccc(F)nc2C)c1. The van der Waals surface area contributed by atoms with Crippen molar-refractivity contribution in [2.24, 2.45) is 0 Å². The molecule has 0 aliphatic heterocycles. The Kier molecular flexibility index (Phi) is 6.15. The molecule has 1 amide bonds. The number of alkyl carbamates (subject to hydrolysis) is 1. The molecule has 2 rings (SSSR count). The van der Waals surface area contributed by atoms with Gasteiger partial charge < -0.3 is 14.8 Å². The fourth-order valence-corrected chi connectivity index (χ4v) is 2.51. The number of halogens is 1. The van der Waals surface area contributed by atoms with E-state index in [0.717, 1.165) is 0 Å². The Balaban J connectivity index is 2.34. The van der Waals surface area contributed by atoms with Gasteiger partial charge in [0.15, 0.2) is 0 Å². The molecule has 0 spiro atoms. The average Bonchev–Trinajstić information content (AvgIpc) is 2.57. The number of rotatable bonds is 4. The molecule has 0 saturated carbocycles. The number of hydrogen-bond acceptors (Lipinski definition) is 5. The summed E-state index contributed by atoms with van der Waals surface area (Å²) in [6.07, 6.45) is -0.563. The first kappa shape index (κ1) is 20.4. The molecule has 1 aromatic heterocycles. The van der Waals surface area contributed by atoms with Gasteiger partial charge in [0, 0.05) is 17.8 Å². The van der Waals surface area contributed by atoms with Gasteiger partial charge in [-0.3, -0.25) is 0 Å². The van der Waals surface area contributed by atoms with Gasteiger partial charge in [-0.25, -0.2) is 14.6 Å². The smallest absolute Gasteiger partial charge is 0.407 e. The lowest BCUT2D eigenvalue weighted by molar-refractivity contribution is 0.0523. The largest absolute Gasteiger partial charge is 0.465 e. The van der Waals surface area contributed by atoms with Gasteiger partial charge in [0.2, 0.25) is 5.95 Å². The number of carbonyl (C=O) groups excluding carboxylic acids is 2. The number of benzene rings is 1. The number of nitrogens with zero attached hydrogens (tertiary/aromatic N) is 1. The Hall–Kier alpha value is -2.96. The molecule has 0 atom stereocenters. The Bertz CT molecular complexity index is 860. The van der Waals surface area contributed by atoms with Crippen LogP contribution in [0.5, 0.6) is 0 Å². The van der Waals surface area contributed by atoms with Crippen LogP contribution in [-0.4, -0.2) is 29.8 Å². The second-order valence-electron chi connectivity index (χ2n) is 7.03. The minimum atomic E-state index is -0.611. The maximum Gasteiger partial charge on any atom is 0.407 e. The molecule has 0 saturated heterocycles. The molecule has 0 fully saturated rings. The van der Waals surface area contributed by atoms with Crippen LogP contribution in [0.2, 0.25) is 0 Å². The molecule has 0 aliphatic carbocycles. The first-order valence-corrected chi connectivity index (χ1v) is 8.41. The molecule has 27 heavy (non-hydrogen) atoms. The van der Waals surface area contributed by atoms with E-state index in [2.05, 4.69) is 10.3 Å². The molecule has 144 valence electrons. The lowest BCUT2D eigenvalue weighted by Gasteiger charge is -2.20. The van der Waals surface area contributed by atoms with E-state index in [1.165, 1.54) is 13.2 Å². The second-order valence-corrected chi connectivity index (χ2v) is 7.03. The van der Waals surface area contributed by atoms with Gasteiger partial charge in [0.25, 0.3) is 0 Å². The van der Waals surface area contributed by atoms with Crippen molar-refractivity contribution in [1.82, 2.24) is 10.3 Å². The number of esters is 1. The van der Waals surface area contributed by atoms with E-state index < -0.39 is 23.6 Å². The van der Waals surface area contributed by atoms with Crippen molar-refractivity contribution in [2.45, 2.75) is 39.8 Å². The maximum absolute atomic E-state index is 13.3. The summed E-state index contributed by atoms with van der Waals surface area (Å²) >= 11 is 0. The van der Waals surface area contributed by atoms with Crippen LogP contribution in [0.25, 0.3) is 11.1 Å². The quantitative estimate of drug-likeness (QED) is 0.646. The third kappa shape index (κ3) is 5.77. The summed E-state index contributed by atoms with van der Waals surface area (Å²) in [6.45, 7) is 7.15. The zero-order valence-electron chi connectivity index (χ0n) is 16.1. The second kappa shape index (κ2) is 8.16. The number of carbonyl (C=O) groups is 2. The molecule has 2 aromatic rings. The molecule has 0 radical (unpaired) electrons. The third-order valence-electron chi connectivity index (χ3n) is 3.61. The Morgan fingerprint density at radius 3 is 2.48 bits per heavy atom. The van der Waals surface area contributed by atoms with Crippen molar-refractivity contribution < 1.29 is 23.5 Å². The lowest BCUT2D eigenvalue weighted by atomic mass is 9.98. The molecule has 1 aromatic carbocycles. The number of hydrogen-bond donors (Lipinski definition) is 1. The van der Waals surface area contributed by atoms with Crippen LogP contribution in [0.1, 0.15) is 42.4 Å². The lowest BCUT2D eigenvalue weighted by Crippen LogP contribution is -2.32. The molecule has 0 bridgehead atoms. The third-order valence-corrected chi connectivity index (χ3v) is 3.61. The highest BCUT2D eigenvalue weighted by Crippen LogP contribution is 2.25. The van der Waals surface area contributed by atoms with Crippen molar-refractivity contribution >= 4 is 12.1 Å². The van der Waals surface area contributed by atoms with E-state index in [-0.39, 0.29) is 6.54 Å². The van der Waals surface area contributed by atoms with Crippen LogP contribution in [0.15, 0.2) is 30.3 Å². The van der Waals surface area contributed by atoms with Gasteiger partial charge in [-0.15, -0.1) is 0 Å². The Labute approximate surface area is 157 Å². The van der Waals surface area contributed by atoms with Crippen molar-refractivity contribution in [3.05, 3.63) is 53.1 Å². The summed E-state index contributed by atoms with van der Waals surface area (Å²) in [5.41, 5.74) is 2.22. The monoisotopic (exact) mass is 374 g/mol. The highest BCUT2D eigenvalue weighted by molar-refractivity contribution is 5.91. The van der Waals surface area contributed by atoms with E-state index in [0.29, 0.717) is 27.9 Å². The highest BCUT2D eigenvalue weighted by atomic mass is 19.1.